The quantitative estimate of drug-likeness (QED) is 0.748. The summed E-state index contributed by atoms with van der Waals surface area (Å²) in [6.45, 7) is 0. The molecule has 0 N–H and O–H groups in total. The fourth-order valence-corrected chi connectivity index (χ4v) is 2.95. The lowest BCUT2D eigenvalue weighted by Gasteiger charge is -2.00. The minimum atomic E-state index is 0.0905. The van der Waals surface area contributed by atoms with Gasteiger partial charge in [-0.1, -0.05) is 72.4 Å². The van der Waals surface area contributed by atoms with E-state index in [0.29, 0.717) is 0 Å². The zero-order valence-electron chi connectivity index (χ0n) is 10.2. The highest BCUT2D eigenvalue weighted by Crippen LogP contribution is 2.40. The van der Waals surface area contributed by atoms with Crippen LogP contribution >= 0.6 is 11.8 Å². The van der Waals surface area contributed by atoms with Crippen molar-refractivity contribution in [1.29, 1.82) is 0 Å². The number of hydrogen-bond donors (Lipinski definition) is 0. The highest BCUT2D eigenvalue weighted by Gasteiger charge is 2.20. The lowest BCUT2D eigenvalue weighted by molar-refractivity contribution is -0.110. The Morgan fingerprint density at radius 3 is 2.16 bits per heavy atom. The Balaban J connectivity index is 1.87. The van der Waals surface area contributed by atoms with Gasteiger partial charge in [-0.3, -0.25) is 4.79 Å². The maximum absolute atomic E-state index is 12.0. The van der Waals surface area contributed by atoms with Gasteiger partial charge in [0, 0.05) is 11.0 Å². The van der Waals surface area contributed by atoms with Crippen molar-refractivity contribution < 1.29 is 4.79 Å². The van der Waals surface area contributed by atoms with E-state index in [2.05, 4.69) is 0 Å². The van der Waals surface area contributed by atoms with Gasteiger partial charge in [-0.25, -0.2) is 0 Å². The summed E-state index contributed by atoms with van der Waals surface area (Å²) in [7, 11) is 0. The Labute approximate surface area is 116 Å². The molecule has 0 amide bonds. The first kappa shape index (κ1) is 12.0. The minimum absolute atomic E-state index is 0.0905. The maximum atomic E-state index is 12.0. The molecule has 1 aliphatic heterocycles. The summed E-state index contributed by atoms with van der Waals surface area (Å²) in [5.41, 5.74) is 2.15. The van der Waals surface area contributed by atoms with E-state index in [9.17, 15) is 4.79 Å². The molecular weight excluding hydrogens is 252 g/mol. The Morgan fingerprint density at radius 2 is 1.47 bits per heavy atom. The third kappa shape index (κ3) is 2.69. The van der Waals surface area contributed by atoms with Crippen LogP contribution in [0.1, 0.15) is 11.1 Å². The van der Waals surface area contributed by atoms with Crippen LogP contribution in [0.15, 0.2) is 71.6 Å². The third-order valence-corrected chi connectivity index (χ3v) is 3.99. The second-order valence-corrected chi connectivity index (χ2v) is 5.34. The average Bonchev–Trinajstić information content (AvgIpc) is 2.82. The van der Waals surface area contributed by atoms with Crippen molar-refractivity contribution in [3.63, 3.8) is 0 Å². The van der Waals surface area contributed by atoms with Crippen molar-refractivity contribution in [3.8, 4) is 0 Å². The van der Waals surface area contributed by atoms with Gasteiger partial charge in [0.1, 0.15) is 0 Å². The summed E-state index contributed by atoms with van der Waals surface area (Å²) in [5, 5.41) is 0. The number of benzene rings is 2. The van der Waals surface area contributed by atoms with Crippen LogP contribution < -0.4 is 0 Å². The molecule has 0 saturated heterocycles. The van der Waals surface area contributed by atoms with E-state index in [4.69, 9.17) is 0 Å². The second kappa shape index (κ2) is 5.29. The van der Waals surface area contributed by atoms with Crippen LogP contribution in [0, 0.1) is 0 Å². The number of carbonyl (C=O) groups is 1. The van der Waals surface area contributed by atoms with Gasteiger partial charge in [0.2, 0.25) is 0 Å². The first-order valence-electron chi connectivity index (χ1n) is 6.09. The third-order valence-electron chi connectivity index (χ3n) is 2.88. The lowest BCUT2D eigenvalue weighted by atomic mass is 10.1. The molecule has 0 radical (unpaired) electrons. The first-order valence-corrected chi connectivity index (χ1v) is 6.90. The molecule has 2 heteroatoms. The smallest absolute Gasteiger partial charge is 0.193 e. The van der Waals surface area contributed by atoms with Gasteiger partial charge >= 0.3 is 0 Å². The standard InChI is InChI=1S/C17H12OS/c18-15-12-16(14-9-5-2-6-10-14)19-17(15)11-13-7-3-1-4-8-13/h1-12H/b17-11-. The molecule has 92 valence electrons. The zero-order chi connectivity index (χ0) is 13.1. The highest BCUT2D eigenvalue weighted by atomic mass is 32.2. The number of rotatable bonds is 2. The predicted octanol–water partition coefficient (Wildman–Crippen LogP) is 4.38. The summed E-state index contributed by atoms with van der Waals surface area (Å²) >= 11 is 1.54. The van der Waals surface area contributed by atoms with Crippen LogP contribution in [0.5, 0.6) is 0 Å². The molecule has 0 unspecified atom stereocenters. The highest BCUT2D eigenvalue weighted by molar-refractivity contribution is 8.13. The van der Waals surface area contributed by atoms with Crippen molar-refractivity contribution in [2.24, 2.45) is 0 Å². The molecule has 2 aromatic rings. The molecule has 0 spiro atoms. The molecule has 1 heterocycles. The van der Waals surface area contributed by atoms with Crippen LogP contribution in [0.3, 0.4) is 0 Å². The van der Waals surface area contributed by atoms with Gasteiger partial charge < -0.3 is 0 Å². The van der Waals surface area contributed by atoms with Crippen LogP contribution in [0.2, 0.25) is 0 Å². The van der Waals surface area contributed by atoms with Crippen molar-refractivity contribution in [3.05, 3.63) is 82.8 Å². The van der Waals surface area contributed by atoms with E-state index in [0.717, 1.165) is 20.9 Å². The predicted molar refractivity (Wildman–Crippen MR) is 81.4 cm³/mol. The molecule has 0 atom stereocenters. The number of allylic oxidation sites excluding steroid dienone is 2. The largest absolute Gasteiger partial charge is 0.289 e. The second-order valence-electron chi connectivity index (χ2n) is 4.26. The first-order chi connectivity index (χ1) is 9.33. The van der Waals surface area contributed by atoms with Gasteiger partial charge in [0.25, 0.3) is 0 Å². The Kier molecular flexibility index (Phi) is 3.34. The molecule has 0 saturated carbocycles. The Hall–Kier alpha value is -2.06. The Morgan fingerprint density at radius 1 is 0.842 bits per heavy atom. The lowest BCUT2D eigenvalue weighted by Crippen LogP contribution is -1.87. The van der Waals surface area contributed by atoms with Gasteiger partial charge in [-0.05, 0) is 17.2 Å². The van der Waals surface area contributed by atoms with E-state index < -0.39 is 0 Å². The van der Waals surface area contributed by atoms with Crippen LogP contribution in [-0.2, 0) is 4.79 Å². The van der Waals surface area contributed by atoms with Gasteiger partial charge in [0.15, 0.2) is 5.78 Å². The maximum Gasteiger partial charge on any atom is 0.193 e. The fraction of sp³-hybridized carbons (Fsp3) is 0. The van der Waals surface area contributed by atoms with E-state index in [1.807, 2.05) is 66.7 Å². The molecule has 3 rings (SSSR count). The molecule has 19 heavy (non-hydrogen) atoms. The number of hydrogen-bond acceptors (Lipinski definition) is 2. The van der Waals surface area contributed by atoms with E-state index >= 15 is 0 Å². The number of thioether (sulfide) groups is 1. The molecule has 0 aliphatic carbocycles. The Bertz CT molecular complexity index is 654. The van der Waals surface area contributed by atoms with E-state index in [1.165, 1.54) is 11.8 Å². The summed E-state index contributed by atoms with van der Waals surface area (Å²) < 4.78 is 0. The molecule has 1 nitrogen and oxygen atoms in total. The SMILES string of the molecule is O=C1C=C(c2ccccc2)S/C1=C\c1ccccc1. The summed E-state index contributed by atoms with van der Waals surface area (Å²) in [4.78, 5) is 13.8. The average molecular weight is 264 g/mol. The fourth-order valence-electron chi connectivity index (χ4n) is 1.93. The van der Waals surface area contributed by atoms with Gasteiger partial charge in [-0.2, -0.15) is 0 Å². The number of ketones is 1. The normalized spacial score (nSPS) is 16.7. The molecular formula is C17H12OS. The van der Waals surface area contributed by atoms with Gasteiger partial charge in [0.05, 0.1) is 4.91 Å². The molecule has 0 bridgehead atoms. The zero-order valence-corrected chi connectivity index (χ0v) is 11.1. The van der Waals surface area contributed by atoms with Crippen LogP contribution in [0.25, 0.3) is 11.0 Å². The minimum Gasteiger partial charge on any atom is -0.289 e. The van der Waals surface area contributed by atoms with Crippen molar-refractivity contribution in [2.75, 3.05) is 0 Å². The summed E-state index contributed by atoms with van der Waals surface area (Å²) in [6.07, 6.45) is 3.66. The van der Waals surface area contributed by atoms with Crippen molar-refractivity contribution in [2.45, 2.75) is 0 Å². The van der Waals surface area contributed by atoms with Crippen molar-refractivity contribution in [1.82, 2.24) is 0 Å². The molecule has 2 aromatic carbocycles. The number of carbonyl (C=O) groups excluding carboxylic acids is 1. The summed E-state index contributed by atoms with van der Waals surface area (Å²) in [5.74, 6) is 0.0905. The molecule has 1 aliphatic rings. The topological polar surface area (TPSA) is 17.1 Å². The van der Waals surface area contributed by atoms with E-state index in [-0.39, 0.29) is 5.78 Å². The van der Waals surface area contributed by atoms with Crippen molar-refractivity contribution >= 4 is 28.5 Å². The monoisotopic (exact) mass is 264 g/mol. The molecule has 0 aromatic heterocycles. The van der Waals surface area contributed by atoms with Gasteiger partial charge in [-0.15, -0.1) is 0 Å². The van der Waals surface area contributed by atoms with Crippen LogP contribution in [-0.4, -0.2) is 5.78 Å². The summed E-state index contributed by atoms with van der Waals surface area (Å²) in [6, 6.07) is 19.9. The molecule has 0 fully saturated rings. The van der Waals surface area contributed by atoms with Crippen LogP contribution in [0.4, 0.5) is 0 Å². The van der Waals surface area contributed by atoms with E-state index in [1.54, 1.807) is 6.08 Å².